The molecule has 5 aromatic rings. The topological polar surface area (TPSA) is 80.0 Å². The van der Waals surface area contributed by atoms with Gasteiger partial charge in [0.1, 0.15) is 11.2 Å². The summed E-state index contributed by atoms with van der Waals surface area (Å²) in [5.41, 5.74) is 3.03. The molecule has 7 heteroatoms. The number of benzene rings is 3. The largest absolute Gasteiger partial charge is 0.456 e. The highest BCUT2D eigenvalue weighted by Gasteiger charge is 2.12. The first kappa shape index (κ1) is 18.3. The van der Waals surface area contributed by atoms with Gasteiger partial charge in [-0.3, -0.25) is 14.2 Å². The number of para-hydroxylation sites is 1. The number of aromatic nitrogens is 2. The Bertz CT molecular complexity index is 1580. The molecule has 0 radical (unpaired) electrons. The lowest BCUT2D eigenvalue weighted by molar-refractivity contribution is 0.102. The maximum Gasteiger partial charge on any atom is 0.262 e. The van der Waals surface area contributed by atoms with E-state index in [1.54, 1.807) is 24.3 Å². The number of nitrogens with one attached hydrogen (secondary N) is 2. The van der Waals surface area contributed by atoms with Crippen molar-refractivity contribution in [3.05, 3.63) is 81.4 Å². The fourth-order valence-corrected chi connectivity index (χ4v) is 4.01. The average molecular weight is 415 g/mol. The third-order valence-corrected chi connectivity index (χ3v) is 5.52. The molecule has 0 spiro atoms. The molecule has 148 valence electrons. The maximum atomic E-state index is 12.8. The van der Waals surface area contributed by atoms with E-state index in [1.165, 1.54) is 4.57 Å². The molecule has 2 N–H and O–H groups in total. The number of hydrogen-bond donors (Lipinski definition) is 2. The van der Waals surface area contributed by atoms with Crippen molar-refractivity contribution in [2.45, 2.75) is 13.5 Å². The number of hydrogen-bond acceptors (Lipinski definition) is 4. The SMILES string of the molecule is CCn1c(=S)[nH]c2cc(C(=O)Nc3ccc4oc5ccccc5c4c3)ccc2c1=O. The second-order valence-corrected chi connectivity index (χ2v) is 7.39. The van der Waals surface area contributed by atoms with Crippen molar-refractivity contribution in [1.29, 1.82) is 0 Å². The molecule has 30 heavy (non-hydrogen) atoms. The lowest BCUT2D eigenvalue weighted by Gasteiger charge is -2.08. The zero-order valence-corrected chi connectivity index (χ0v) is 16.9. The first-order valence-corrected chi connectivity index (χ1v) is 9.95. The third kappa shape index (κ3) is 2.91. The summed E-state index contributed by atoms with van der Waals surface area (Å²) < 4.78 is 7.65. The van der Waals surface area contributed by atoms with Crippen molar-refractivity contribution in [2.75, 3.05) is 5.32 Å². The summed E-state index contributed by atoms with van der Waals surface area (Å²) in [6.45, 7) is 2.34. The van der Waals surface area contributed by atoms with Crippen molar-refractivity contribution in [3.63, 3.8) is 0 Å². The molecule has 0 saturated heterocycles. The van der Waals surface area contributed by atoms with Gasteiger partial charge in [0, 0.05) is 28.6 Å². The van der Waals surface area contributed by atoms with Gasteiger partial charge in [0.25, 0.3) is 11.5 Å². The Kier molecular flexibility index (Phi) is 4.25. The van der Waals surface area contributed by atoms with Crippen LogP contribution in [0.25, 0.3) is 32.8 Å². The van der Waals surface area contributed by atoms with Crippen LogP contribution in [-0.4, -0.2) is 15.5 Å². The van der Waals surface area contributed by atoms with E-state index < -0.39 is 0 Å². The highest BCUT2D eigenvalue weighted by atomic mass is 32.1. The van der Waals surface area contributed by atoms with E-state index >= 15 is 0 Å². The van der Waals surface area contributed by atoms with Crippen molar-refractivity contribution in [2.24, 2.45) is 0 Å². The standard InChI is InChI=1S/C23H17N3O3S/c1-2-26-22(28)16-9-7-13(11-18(16)25-23(26)30)21(27)24-14-8-10-20-17(12-14)15-5-3-4-6-19(15)29-20/h3-12H,2H2,1H3,(H,24,27)(H,25,30). The summed E-state index contributed by atoms with van der Waals surface area (Å²) in [5.74, 6) is -0.275. The number of furan rings is 1. The van der Waals surface area contributed by atoms with Gasteiger partial charge in [-0.1, -0.05) is 18.2 Å². The molecule has 0 aliphatic heterocycles. The van der Waals surface area contributed by atoms with Gasteiger partial charge in [-0.15, -0.1) is 0 Å². The minimum Gasteiger partial charge on any atom is -0.456 e. The van der Waals surface area contributed by atoms with Crippen LogP contribution >= 0.6 is 12.2 Å². The number of rotatable bonds is 3. The number of anilines is 1. The number of H-pyrrole nitrogens is 1. The molecule has 5 rings (SSSR count). The summed E-state index contributed by atoms with van der Waals surface area (Å²) in [4.78, 5) is 28.4. The number of carbonyl (C=O) groups excluding carboxylic acids is 1. The number of carbonyl (C=O) groups is 1. The molecule has 2 aromatic heterocycles. The summed E-state index contributed by atoms with van der Waals surface area (Å²) in [6.07, 6.45) is 0. The highest BCUT2D eigenvalue weighted by Crippen LogP contribution is 2.30. The van der Waals surface area contributed by atoms with Crippen molar-refractivity contribution >= 4 is 56.7 Å². The minimum absolute atomic E-state index is 0.166. The van der Waals surface area contributed by atoms with Gasteiger partial charge in [-0.25, -0.2) is 0 Å². The Labute approximate surface area is 175 Å². The Hall–Kier alpha value is -3.71. The number of amides is 1. The maximum absolute atomic E-state index is 12.8. The zero-order chi connectivity index (χ0) is 20.8. The Balaban J connectivity index is 1.52. The molecule has 2 heterocycles. The average Bonchev–Trinajstić information content (AvgIpc) is 3.11. The predicted octanol–water partition coefficient (Wildman–Crippen LogP) is 5.23. The van der Waals surface area contributed by atoms with Crippen LogP contribution in [0.3, 0.4) is 0 Å². The van der Waals surface area contributed by atoms with Crippen LogP contribution in [0.2, 0.25) is 0 Å². The van der Waals surface area contributed by atoms with Gasteiger partial charge in [0.05, 0.1) is 10.9 Å². The van der Waals surface area contributed by atoms with E-state index in [1.807, 2.05) is 43.3 Å². The molecular formula is C23H17N3O3S. The van der Waals surface area contributed by atoms with Gasteiger partial charge in [-0.2, -0.15) is 0 Å². The second-order valence-electron chi connectivity index (χ2n) is 7.00. The second kappa shape index (κ2) is 6.96. The van der Waals surface area contributed by atoms with E-state index in [-0.39, 0.29) is 11.5 Å². The van der Waals surface area contributed by atoms with Crippen LogP contribution in [0.5, 0.6) is 0 Å². The van der Waals surface area contributed by atoms with Crippen molar-refractivity contribution < 1.29 is 9.21 Å². The van der Waals surface area contributed by atoms with E-state index in [4.69, 9.17) is 16.6 Å². The van der Waals surface area contributed by atoms with Gasteiger partial charge in [-0.05, 0) is 61.6 Å². The molecule has 0 unspecified atom stereocenters. The number of fused-ring (bicyclic) bond motifs is 4. The van der Waals surface area contributed by atoms with Crippen molar-refractivity contribution in [1.82, 2.24) is 9.55 Å². The third-order valence-electron chi connectivity index (χ3n) is 5.19. The molecule has 0 saturated carbocycles. The summed E-state index contributed by atoms with van der Waals surface area (Å²) in [6, 6.07) is 18.3. The molecule has 6 nitrogen and oxygen atoms in total. The fraction of sp³-hybridized carbons (Fsp3) is 0.0870. The molecule has 0 bridgehead atoms. The van der Waals surface area contributed by atoms with Gasteiger partial charge in [0.15, 0.2) is 4.77 Å². The normalized spacial score (nSPS) is 11.4. The summed E-state index contributed by atoms with van der Waals surface area (Å²) in [7, 11) is 0. The van der Waals surface area contributed by atoms with Gasteiger partial charge >= 0.3 is 0 Å². The zero-order valence-electron chi connectivity index (χ0n) is 16.1. The smallest absolute Gasteiger partial charge is 0.262 e. The number of nitrogens with zero attached hydrogens (tertiary/aromatic N) is 1. The summed E-state index contributed by atoms with van der Waals surface area (Å²) >= 11 is 5.25. The lowest BCUT2D eigenvalue weighted by Crippen LogP contribution is -2.21. The van der Waals surface area contributed by atoms with E-state index in [9.17, 15) is 9.59 Å². The number of aromatic amines is 1. The molecule has 0 fully saturated rings. The molecule has 0 aliphatic rings. The van der Waals surface area contributed by atoms with Crippen LogP contribution in [0.1, 0.15) is 17.3 Å². The molecule has 3 aromatic carbocycles. The van der Waals surface area contributed by atoms with Crippen molar-refractivity contribution in [3.8, 4) is 0 Å². The van der Waals surface area contributed by atoms with Crippen LogP contribution < -0.4 is 10.9 Å². The van der Waals surface area contributed by atoms with E-state index in [2.05, 4.69) is 10.3 Å². The first-order valence-electron chi connectivity index (χ1n) is 9.54. The van der Waals surface area contributed by atoms with Gasteiger partial charge in [0.2, 0.25) is 0 Å². The quantitative estimate of drug-likeness (QED) is 0.396. The molecule has 0 atom stereocenters. The van der Waals surface area contributed by atoms with Crippen LogP contribution in [-0.2, 0) is 6.54 Å². The van der Waals surface area contributed by atoms with Crippen LogP contribution in [0.15, 0.2) is 69.9 Å². The monoisotopic (exact) mass is 415 g/mol. The predicted molar refractivity (Wildman–Crippen MR) is 121 cm³/mol. The van der Waals surface area contributed by atoms with Gasteiger partial charge < -0.3 is 14.7 Å². The Morgan fingerprint density at radius 3 is 2.67 bits per heavy atom. The Morgan fingerprint density at radius 1 is 1.03 bits per heavy atom. The lowest BCUT2D eigenvalue weighted by atomic mass is 10.1. The van der Waals surface area contributed by atoms with Crippen LogP contribution in [0.4, 0.5) is 5.69 Å². The minimum atomic E-state index is -0.275. The Morgan fingerprint density at radius 2 is 1.83 bits per heavy atom. The molecular weight excluding hydrogens is 398 g/mol. The van der Waals surface area contributed by atoms with E-state index in [0.29, 0.717) is 33.5 Å². The van der Waals surface area contributed by atoms with E-state index in [0.717, 1.165) is 21.9 Å². The molecule has 0 aliphatic carbocycles. The highest BCUT2D eigenvalue weighted by molar-refractivity contribution is 7.71. The molecule has 1 amide bonds. The fourth-order valence-electron chi connectivity index (χ4n) is 3.69. The summed E-state index contributed by atoms with van der Waals surface area (Å²) in [5, 5.41) is 5.34. The van der Waals surface area contributed by atoms with Crippen LogP contribution in [0, 0.1) is 4.77 Å². The first-order chi connectivity index (χ1) is 14.5.